The van der Waals surface area contributed by atoms with E-state index in [1.54, 1.807) is 6.07 Å². The summed E-state index contributed by atoms with van der Waals surface area (Å²) >= 11 is 0. The highest BCUT2D eigenvalue weighted by molar-refractivity contribution is 5.69. The minimum Gasteiger partial charge on any atom is -0.496 e. The lowest BCUT2D eigenvalue weighted by Crippen LogP contribution is -2.40. The molecular weight excluding hydrogens is 276 g/mol. The molecule has 114 valence electrons. The zero-order valence-corrected chi connectivity index (χ0v) is 11.8. The Kier molecular flexibility index (Phi) is 4.62. The molecule has 0 radical (unpaired) electrons. The fourth-order valence-electron chi connectivity index (χ4n) is 2.71. The number of carboxylic acids is 1. The standard InChI is InChI=1S/C14H18N2O5/c1-21-13-7-11(6-12(8-13)16(19)20)15-5-3-2-4-10(15)9-14(17)18/h6-8,10H,2-5,9H2,1H3,(H,17,18). The van der Waals surface area contributed by atoms with E-state index in [1.807, 2.05) is 4.90 Å². The second-order valence-corrected chi connectivity index (χ2v) is 5.09. The van der Waals surface area contributed by atoms with Gasteiger partial charge in [0.25, 0.3) is 5.69 Å². The molecule has 1 aromatic carbocycles. The number of methoxy groups -OCH3 is 1. The SMILES string of the molecule is COc1cc(N2CCCCC2CC(=O)O)cc([N+](=O)[O-])c1. The van der Waals surface area contributed by atoms with Crippen LogP contribution < -0.4 is 9.64 Å². The van der Waals surface area contributed by atoms with E-state index in [-0.39, 0.29) is 18.2 Å². The number of aliphatic carboxylic acids is 1. The number of nitro groups is 1. The molecular formula is C14H18N2O5. The number of benzene rings is 1. The van der Waals surface area contributed by atoms with E-state index in [0.29, 0.717) is 18.0 Å². The predicted octanol–water partition coefficient (Wildman–Crippen LogP) is 2.44. The number of rotatable bonds is 5. The summed E-state index contributed by atoms with van der Waals surface area (Å²) in [6.07, 6.45) is 2.73. The van der Waals surface area contributed by atoms with Crippen LogP contribution in [0.3, 0.4) is 0 Å². The van der Waals surface area contributed by atoms with Crippen LogP contribution in [-0.4, -0.2) is 35.7 Å². The molecule has 1 heterocycles. The average molecular weight is 294 g/mol. The van der Waals surface area contributed by atoms with Gasteiger partial charge in [0, 0.05) is 30.4 Å². The van der Waals surface area contributed by atoms with Crippen LogP contribution in [-0.2, 0) is 4.79 Å². The van der Waals surface area contributed by atoms with Gasteiger partial charge in [-0.1, -0.05) is 0 Å². The summed E-state index contributed by atoms with van der Waals surface area (Å²) in [5.41, 5.74) is 0.594. The molecule has 1 aliphatic rings. The summed E-state index contributed by atoms with van der Waals surface area (Å²) < 4.78 is 5.11. The van der Waals surface area contributed by atoms with E-state index in [2.05, 4.69) is 0 Å². The highest BCUT2D eigenvalue weighted by Crippen LogP contribution is 2.33. The summed E-state index contributed by atoms with van der Waals surface area (Å²) in [5, 5.41) is 20.0. The van der Waals surface area contributed by atoms with E-state index in [9.17, 15) is 14.9 Å². The van der Waals surface area contributed by atoms with Crippen molar-refractivity contribution in [2.75, 3.05) is 18.6 Å². The fourth-order valence-corrected chi connectivity index (χ4v) is 2.71. The van der Waals surface area contributed by atoms with Crippen molar-refractivity contribution in [3.63, 3.8) is 0 Å². The summed E-state index contributed by atoms with van der Waals surface area (Å²) in [6.45, 7) is 0.697. The lowest BCUT2D eigenvalue weighted by molar-refractivity contribution is -0.384. The first kappa shape index (κ1) is 15.1. The predicted molar refractivity (Wildman–Crippen MR) is 76.9 cm³/mol. The van der Waals surface area contributed by atoms with Gasteiger partial charge in [-0.2, -0.15) is 0 Å². The number of anilines is 1. The zero-order chi connectivity index (χ0) is 15.4. The molecule has 0 aromatic heterocycles. The number of nitrogens with zero attached hydrogens (tertiary/aromatic N) is 2. The summed E-state index contributed by atoms with van der Waals surface area (Å²) in [5.74, 6) is -0.455. The maximum atomic E-state index is 11.0. The minimum absolute atomic E-state index is 0.0327. The second-order valence-electron chi connectivity index (χ2n) is 5.09. The van der Waals surface area contributed by atoms with Gasteiger partial charge in [0.15, 0.2) is 0 Å². The van der Waals surface area contributed by atoms with Crippen molar-refractivity contribution in [2.24, 2.45) is 0 Å². The van der Waals surface area contributed by atoms with Gasteiger partial charge in [-0.05, 0) is 19.3 Å². The third kappa shape index (κ3) is 3.62. The molecule has 0 spiro atoms. The first-order valence-corrected chi connectivity index (χ1v) is 6.83. The molecule has 0 saturated carbocycles. The number of piperidine rings is 1. The molecule has 1 fully saturated rings. The average Bonchev–Trinajstić information content (AvgIpc) is 2.46. The quantitative estimate of drug-likeness (QED) is 0.662. The Labute approximate surface area is 122 Å². The monoisotopic (exact) mass is 294 g/mol. The molecule has 1 saturated heterocycles. The van der Waals surface area contributed by atoms with E-state index in [4.69, 9.17) is 9.84 Å². The van der Waals surface area contributed by atoms with E-state index >= 15 is 0 Å². The van der Waals surface area contributed by atoms with Crippen LogP contribution in [0.5, 0.6) is 5.75 Å². The molecule has 1 N–H and O–H groups in total. The van der Waals surface area contributed by atoms with Gasteiger partial charge >= 0.3 is 5.97 Å². The topological polar surface area (TPSA) is 92.9 Å². The Morgan fingerprint density at radius 3 is 2.86 bits per heavy atom. The highest BCUT2D eigenvalue weighted by Gasteiger charge is 2.26. The van der Waals surface area contributed by atoms with Crippen LogP contribution in [0.4, 0.5) is 11.4 Å². The maximum Gasteiger partial charge on any atom is 0.305 e. The number of non-ortho nitro benzene ring substituents is 1. The number of hydrogen-bond donors (Lipinski definition) is 1. The van der Waals surface area contributed by atoms with Crippen molar-refractivity contribution in [1.29, 1.82) is 0 Å². The number of hydrogen-bond acceptors (Lipinski definition) is 5. The number of ether oxygens (including phenoxy) is 1. The van der Waals surface area contributed by atoms with Crippen molar-refractivity contribution in [1.82, 2.24) is 0 Å². The normalized spacial score (nSPS) is 18.3. The van der Waals surface area contributed by atoms with Crippen molar-refractivity contribution in [3.05, 3.63) is 28.3 Å². The number of carboxylic acid groups (broad SMARTS) is 1. The van der Waals surface area contributed by atoms with Crippen molar-refractivity contribution < 1.29 is 19.6 Å². The first-order chi connectivity index (χ1) is 10.0. The minimum atomic E-state index is -0.857. The lowest BCUT2D eigenvalue weighted by atomic mass is 9.98. The maximum absolute atomic E-state index is 11.0. The Morgan fingerprint density at radius 1 is 1.48 bits per heavy atom. The van der Waals surface area contributed by atoms with Crippen LogP contribution in [0.25, 0.3) is 0 Å². The van der Waals surface area contributed by atoms with E-state index in [0.717, 1.165) is 19.3 Å². The van der Waals surface area contributed by atoms with E-state index in [1.165, 1.54) is 19.2 Å². The Balaban J connectivity index is 2.35. The third-order valence-electron chi connectivity index (χ3n) is 3.69. The smallest absolute Gasteiger partial charge is 0.305 e. The lowest BCUT2D eigenvalue weighted by Gasteiger charge is -2.36. The van der Waals surface area contributed by atoms with Crippen LogP contribution in [0.15, 0.2) is 18.2 Å². The zero-order valence-electron chi connectivity index (χ0n) is 11.8. The molecule has 0 bridgehead atoms. The van der Waals surface area contributed by atoms with Gasteiger partial charge in [-0.25, -0.2) is 0 Å². The molecule has 21 heavy (non-hydrogen) atoms. The molecule has 2 rings (SSSR count). The molecule has 1 unspecified atom stereocenters. The Morgan fingerprint density at radius 2 is 2.24 bits per heavy atom. The van der Waals surface area contributed by atoms with Crippen LogP contribution in [0.2, 0.25) is 0 Å². The first-order valence-electron chi connectivity index (χ1n) is 6.83. The fraction of sp³-hybridized carbons (Fsp3) is 0.500. The molecule has 0 amide bonds. The van der Waals surface area contributed by atoms with Gasteiger partial charge in [0.2, 0.25) is 0 Å². The molecule has 0 aliphatic carbocycles. The molecule has 7 heteroatoms. The van der Waals surface area contributed by atoms with Crippen LogP contribution >= 0.6 is 0 Å². The van der Waals surface area contributed by atoms with Crippen molar-refractivity contribution >= 4 is 17.3 Å². The highest BCUT2D eigenvalue weighted by atomic mass is 16.6. The van der Waals surface area contributed by atoms with Crippen LogP contribution in [0, 0.1) is 10.1 Å². The van der Waals surface area contributed by atoms with Crippen LogP contribution in [0.1, 0.15) is 25.7 Å². The Hall–Kier alpha value is -2.31. The van der Waals surface area contributed by atoms with Gasteiger partial charge in [0.05, 0.1) is 24.5 Å². The van der Waals surface area contributed by atoms with E-state index < -0.39 is 10.9 Å². The molecule has 1 aliphatic heterocycles. The number of carbonyl (C=O) groups is 1. The molecule has 7 nitrogen and oxygen atoms in total. The van der Waals surface area contributed by atoms with Gasteiger partial charge in [-0.15, -0.1) is 0 Å². The van der Waals surface area contributed by atoms with Gasteiger partial charge < -0.3 is 14.7 Å². The van der Waals surface area contributed by atoms with Gasteiger partial charge in [0.1, 0.15) is 5.75 Å². The Bertz CT molecular complexity index is 546. The van der Waals surface area contributed by atoms with Crippen molar-refractivity contribution in [3.8, 4) is 5.75 Å². The number of nitro benzene ring substituents is 1. The summed E-state index contributed by atoms with van der Waals surface area (Å²) in [4.78, 5) is 23.5. The largest absolute Gasteiger partial charge is 0.496 e. The van der Waals surface area contributed by atoms with Crippen molar-refractivity contribution in [2.45, 2.75) is 31.7 Å². The summed E-state index contributed by atoms with van der Waals surface area (Å²) in [7, 11) is 1.45. The summed E-state index contributed by atoms with van der Waals surface area (Å²) in [6, 6.07) is 4.41. The van der Waals surface area contributed by atoms with Gasteiger partial charge in [-0.3, -0.25) is 14.9 Å². The third-order valence-corrected chi connectivity index (χ3v) is 3.69. The molecule has 1 atom stereocenters. The molecule has 1 aromatic rings. The second kappa shape index (κ2) is 6.43.